The Hall–Kier alpha value is 0.130. The third kappa shape index (κ3) is 5.74. The van der Waals surface area contributed by atoms with E-state index < -0.39 is 6.04 Å². The van der Waals surface area contributed by atoms with Gasteiger partial charge in [0.15, 0.2) is 0 Å². The zero-order valence-electron chi connectivity index (χ0n) is 7.41. The number of thioether (sulfide) groups is 2. The number of nitrogens with two attached hydrogens (primary N) is 1. The summed E-state index contributed by atoms with van der Waals surface area (Å²) in [6, 6.07) is -0.475. The van der Waals surface area contributed by atoms with E-state index in [9.17, 15) is 4.79 Å². The van der Waals surface area contributed by atoms with Crippen molar-refractivity contribution in [3.63, 3.8) is 0 Å². The first-order valence-corrected chi connectivity index (χ1v) is 6.02. The molecular formula is C7H15NO2S2. The molecule has 3 nitrogen and oxygen atoms in total. The average molecular weight is 209 g/mol. The molecule has 0 amide bonds. The van der Waals surface area contributed by atoms with Crippen LogP contribution in [0, 0.1) is 0 Å². The van der Waals surface area contributed by atoms with Crippen LogP contribution in [0.2, 0.25) is 0 Å². The van der Waals surface area contributed by atoms with E-state index >= 15 is 0 Å². The molecule has 0 aliphatic carbocycles. The third-order valence-corrected chi connectivity index (χ3v) is 3.51. The molecule has 0 fully saturated rings. The molecule has 0 rings (SSSR count). The van der Waals surface area contributed by atoms with Crippen molar-refractivity contribution in [2.24, 2.45) is 5.73 Å². The highest BCUT2D eigenvalue weighted by molar-refractivity contribution is 8.15. The van der Waals surface area contributed by atoms with Gasteiger partial charge >= 0.3 is 5.97 Å². The van der Waals surface area contributed by atoms with Crippen LogP contribution in [-0.2, 0) is 9.53 Å². The normalized spacial score (nSPS) is 12.6. The van der Waals surface area contributed by atoms with Gasteiger partial charge in [-0.1, -0.05) is 6.92 Å². The van der Waals surface area contributed by atoms with Crippen LogP contribution in [0.15, 0.2) is 0 Å². The van der Waals surface area contributed by atoms with Gasteiger partial charge in [0.2, 0.25) is 0 Å². The molecule has 0 spiro atoms. The molecule has 2 N–H and O–H groups in total. The van der Waals surface area contributed by atoms with Crippen molar-refractivity contribution in [3.8, 4) is 0 Å². The molecule has 0 bridgehead atoms. The topological polar surface area (TPSA) is 52.3 Å². The van der Waals surface area contributed by atoms with Crippen molar-refractivity contribution >= 4 is 29.5 Å². The average Bonchev–Trinajstić information content (AvgIpc) is 2.10. The molecule has 12 heavy (non-hydrogen) atoms. The molecule has 0 aliphatic heterocycles. The monoisotopic (exact) mass is 209 g/mol. The van der Waals surface area contributed by atoms with Crippen molar-refractivity contribution in [3.05, 3.63) is 0 Å². The summed E-state index contributed by atoms with van der Waals surface area (Å²) in [5, 5.41) is 0.987. The minimum absolute atomic E-state index is 0.330. The van der Waals surface area contributed by atoms with Crippen LogP contribution >= 0.6 is 23.5 Å². The van der Waals surface area contributed by atoms with E-state index in [1.807, 2.05) is 11.8 Å². The molecule has 0 heterocycles. The number of methoxy groups -OCH3 is 1. The third-order valence-electron chi connectivity index (χ3n) is 1.17. The molecule has 0 aromatic rings. The van der Waals surface area contributed by atoms with Crippen LogP contribution in [0.1, 0.15) is 6.92 Å². The predicted molar refractivity (Wildman–Crippen MR) is 55.4 cm³/mol. The van der Waals surface area contributed by atoms with Gasteiger partial charge in [0.05, 0.1) is 7.11 Å². The fourth-order valence-electron chi connectivity index (χ4n) is 0.537. The van der Waals surface area contributed by atoms with Gasteiger partial charge in [-0.05, 0) is 5.75 Å². The summed E-state index contributed by atoms with van der Waals surface area (Å²) < 4.78 is 4.48. The van der Waals surface area contributed by atoms with Crippen LogP contribution < -0.4 is 5.73 Å². The second-order valence-electron chi connectivity index (χ2n) is 2.11. The van der Waals surface area contributed by atoms with Gasteiger partial charge in [0.1, 0.15) is 6.04 Å². The molecule has 0 aromatic carbocycles. The molecular weight excluding hydrogens is 194 g/mol. The number of carbonyl (C=O) groups excluding carboxylic acids is 1. The van der Waals surface area contributed by atoms with Crippen LogP contribution in [0.5, 0.6) is 0 Å². The molecule has 0 aliphatic rings. The van der Waals surface area contributed by atoms with E-state index in [-0.39, 0.29) is 5.97 Å². The second kappa shape index (κ2) is 7.76. The summed E-state index contributed by atoms with van der Waals surface area (Å²) >= 11 is 3.49. The predicted octanol–water partition coefficient (Wildman–Crippen LogP) is 0.930. The summed E-state index contributed by atoms with van der Waals surface area (Å²) in [5.41, 5.74) is 5.51. The van der Waals surface area contributed by atoms with Crippen LogP contribution in [0.25, 0.3) is 0 Å². The van der Waals surface area contributed by atoms with Crippen molar-refractivity contribution < 1.29 is 9.53 Å². The Morgan fingerprint density at radius 2 is 2.25 bits per heavy atom. The lowest BCUT2D eigenvalue weighted by atomic mass is 10.4. The highest BCUT2D eigenvalue weighted by Crippen LogP contribution is 2.11. The van der Waals surface area contributed by atoms with E-state index in [4.69, 9.17) is 5.73 Å². The zero-order valence-corrected chi connectivity index (χ0v) is 9.04. The first kappa shape index (κ1) is 12.1. The number of hydrogen-bond donors (Lipinski definition) is 1. The summed E-state index contributed by atoms with van der Waals surface area (Å²) in [5.74, 6) is 1.41. The minimum Gasteiger partial charge on any atom is -0.468 e. The fraction of sp³-hybridized carbons (Fsp3) is 0.857. The van der Waals surface area contributed by atoms with Crippen LogP contribution in [0.3, 0.4) is 0 Å². The van der Waals surface area contributed by atoms with Gasteiger partial charge in [-0.2, -0.15) is 11.8 Å². The minimum atomic E-state index is -0.475. The molecule has 1 atom stereocenters. The van der Waals surface area contributed by atoms with E-state index in [0.717, 1.165) is 10.8 Å². The number of ether oxygens (including phenoxy) is 1. The van der Waals surface area contributed by atoms with Crippen LogP contribution in [-0.4, -0.2) is 35.7 Å². The first-order valence-electron chi connectivity index (χ1n) is 3.71. The summed E-state index contributed by atoms with van der Waals surface area (Å²) in [7, 11) is 1.35. The molecule has 5 heteroatoms. The number of carbonyl (C=O) groups is 1. The van der Waals surface area contributed by atoms with Gasteiger partial charge in [0.25, 0.3) is 0 Å². The maximum atomic E-state index is 10.8. The molecule has 0 unspecified atom stereocenters. The first-order chi connectivity index (χ1) is 5.72. The lowest BCUT2D eigenvalue weighted by Gasteiger charge is -2.07. The van der Waals surface area contributed by atoms with Gasteiger partial charge in [-0.15, -0.1) is 11.8 Å². The lowest BCUT2D eigenvalue weighted by Crippen LogP contribution is -2.33. The largest absolute Gasteiger partial charge is 0.468 e. The number of esters is 1. The van der Waals surface area contributed by atoms with Crippen molar-refractivity contribution in [1.82, 2.24) is 0 Å². The smallest absolute Gasteiger partial charge is 0.323 e. The summed E-state index contributed by atoms with van der Waals surface area (Å²) in [6.45, 7) is 2.10. The Balaban J connectivity index is 3.31. The van der Waals surface area contributed by atoms with E-state index in [1.54, 1.807) is 11.8 Å². The molecule has 0 radical (unpaired) electrons. The van der Waals surface area contributed by atoms with Crippen molar-refractivity contribution in [2.45, 2.75) is 13.0 Å². The number of hydrogen-bond acceptors (Lipinski definition) is 5. The van der Waals surface area contributed by atoms with Gasteiger partial charge in [0, 0.05) is 10.8 Å². The summed E-state index contributed by atoms with van der Waals surface area (Å²) in [6.07, 6.45) is 0. The molecule has 0 saturated carbocycles. The Kier molecular flexibility index (Phi) is 7.85. The van der Waals surface area contributed by atoms with Gasteiger partial charge in [-0.25, -0.2) is 0 Å². The Morgan fingerprint density at radius 3 is 2.75 bits per heavy atom. The molecule has 0 aromatic heterocycles. The Morgan fingerprint density at radius 1 is 1.58 bits per heavy atom. The fourth-order valence-corrected chi connectivity index (χ4v) is 2.45. The second-order valence-corrected chi connectivity index (χ2v) is 4.78. The molecule has 72 valence electrons. The standard InChI is InChI=1S/C7H15NO2S2/c1-3-11-5-12-4-6(8)7(9)10-2/h6H,3-5,8H2,1-2H3/t6-/m0/s1. The zero-order chi connectivity index (χ0) is 9.40. The maximum Gasteiger partial charge on any atom is 0.323 e. The maximum absolute atomic E-state index is 10.8. The summed E-state index contributed by atoms with van der Waals surface area (Å²) in [4.78, 5) is 10.8. The van der Waals surface area contributed by atoms with Gasteiger partial charge in [-0.3, -0.25) is 4.79 Å². The Bertz CT molecular complexity index is 133. The molecule has 0 saturated heterocycles. The SMILES string of the molecule is CCSCSC[C@H](N)C(=O)OC. The van der Waals surface area contributed by atoms with E-state index in [0.29, 0.717) is 5.75 Å². The van der Waals surface area contributed by atoms with Crippen molar-refractivity contribution in [2.75, 3.05) is 23.7 Å². The Labute approximate surface area is 81.8 Å². The van der Waals surface area contributed by atoms with Gasteiger partial charge < -0.3 is 10.5 Å². The number of rotatable bonds is 6. The highest BCUT2D eigenvalue weighted by atomic mass is 32.2. The lowest BCUT2D eigenvalue weighted by molar-refractivity contribution is -0.141. The van der Waals surface area contributed by atoms with E-state index in [1.165, 1.54) is 7.11 Å². The van der Waals surface area contributed by atoms with E-state index in [2.05, 4.69) is 11.7 Å². The highest BCUT2D eigenvalue weighted by Gasteiger charge is 2.12. The quantitative estimate of drug-likeness (QED) is 0.401. The van der Waals surface area contributed by atoms with Crippen LogP contribution in [0.4, 0.5) is 0 Å². The van der Waals surface area contributed by atoms with Crippen molar-refractivity contribution in [1.29, 1.82) is 0 Å².